The highest BCUT2D eigenvalue weighted by molar-refractivity contribution is 7.92. The Morgan fingerprint density at radius 1 is 1.29 bits per heavy atom. The number of nitrogens with zero attached hydrogens (tertiary/aromatic N) is 2. The molecule has 0 spiro atoms. The minimum atomic E-state index is -3.96. The van der Waals surface area contributed by atoms with Gasteiger partial charge in [-0.1, -0.05) is 11.6 Å². The van der Waals surface area contributed by atoms with Gasteiger partial charge in [0, 0.05) is 12.3 Å². The number of hydrogen-bond donors (Lipinski definition) is 1. The lowest BCUT2D eigenvalue weighted by atomic mass is 10.3. The second kappa shape index (κ2) is 5.66. The van der Waals surface area contributed by atoms with Gasteiger partial charge in [0.05, 0.1) is 21.7 Å². The van der Waals surface area contributed by atoms with E-state index in [-0.39, 0.29) is 15.6 Å². The second-order valence-corrected chi connectivity index (χ2v) is 6.32. The first kappa shape index (κ1) is 15.2. The number of anilines is 1. The van der Waals surface area contributed by atoms with Crippen LogP contribution in [0.1, 0.15) is 5.56 Å². The van der Waals surface area contributed by atoms with Gasteiger partial charge in [-0.15, -0.1) is 0 Å². The molecule has 1 aromatic heterocycles. The van der Waals surface area contributed by atoms with Crippen LogP contribution in [0.2, 0.25) is 5.02 Å². The van der Waals surface area contributed by atoms with Crippen LogP contribution in [0.15, 0.2) is 41.6 Å². The second-order valence-electron chi connectivity index (χ2n) is 4.23. The maximum atomic E-state index is 12.2. The first-order chi connectivity index (χ1) is 9.79. The topological polar surface area (TPSA) is 102 Å². The summed E-state index contributed by atoms with van der Waals surface area (Å²) in [6.45, 7) is 1.76. The first-order valence-corrected chi connectivity index (χ1v) is 7.54. The van der Waals surface area contributed by atoms with Crippen LogP contribution in [0.25, 0.3) is 0 Å². The number of hydrogen-bond acceptors (Lipinski definition) is 5. The maximum absolute atomic E-state index is 12.2. The van der Waals surface area contributed by atoms with Crippen molar-refractivity contribution in [2.45, 2.75) is 11.8 Å². The van der Waals surface area contributed by atoms with Crippen LogP contribution >= 0.6 is 11.6 Å². The quantitative estimate of drug-likeness (QED) is 0.687. The third kappa shape index (κ3) is 3.47. The van der Waals surface area contributed by atoms with Crippen LogP contribution in [-0.4, -0.2) is 18.3 Å². The minimum Gasteiger partial charge on any atom is -0.278 e. The molecule has 0 radical (unpaired) electrons. The molecule has 0 atom stereocenters. The Hall–Kier alpha value is -2.19. The molecule has 0 aliphatic heterocycles. The summed E-state index contributed by atoms with van der Waals surface area (Å²) in [7, 11) is -3.96. The minimum absolute atomic E-state index is 0.129. The Morgan fingerprint density at radius 2 is 2.00 bits per heavy atom. The van der Waals surface area contributed by atoms with Crippen LogP contribution in [0.3, 0.4) is 0 Å². The standard InChI is InChI=1S/C12H10ClN3O4S/c1-8-4-9(7-14-6-8)15-21(19,20)10-2-3-11(13)12(5-10)16(17)18/h2-7,15H,1H3. The zero-order valence-electron chi connectivity index (χ0n) is 10.8. The van der Waals surface area contributed by atoms with E-state index in [1.54, 1.807) is 19.2 Å². The van der Waals surface area contributed by atoms with Crippen molar-refractivity contribution in [3.05, 3.63) is 57.4 Å². The van der Waals surface area contributed by atoms with E-state index in [9.17, 15) is 18.5 Å². The molecule has 1 N–H and O–H groups in total. The lowest BCUT2D eigenvalue weighted by Gasteiger charge is -2.08. The number of nitrogens with one attached hydrogen (secondary N) is 1. The molecule has 9 heteroatoms. The van der Waals surface area contributed by atoms with Gasteiger partial charge in [0.1, 0.15) is 5.02 Å². The fraction of sp³-hybridized carbons (Fsp3) is 0.0833. The third-order valence-corrected chi connectivity index (χ3v) is 4.25. The summed E-state index contributed by atoms with van der Waals surface area (Å²) in [5, 5.41) is 10.7. The number of nitro groups is 1. The van der Waals surface area contributed by atoms with Crippen LogP contribution in [0, 0.1) is 17.0 Å². The lowest BCUT2D eigenvalue weighted by molar-refractivity contribution is -0.384. The number of nitro benzene ring substituents is 1. The summed E-state index contributed by atoms with van der Waals surface area (Å²) in [5.41, 5.74) is 0.576. The summed E-state index contributed by atoms with van der Waals surface area (Å²) in [4.78, 5) is 13.7. The van der Waals surface area contributed by atoms with Crippen molar-refractivity contribution in [3.8, 4) is 0 Å². The summed E-state index contributed by atoms with van der Waals surface area (Å²) in [5.74, 6) is 0. The SMILES string of the molecule is Cc1cncc(NS(=O)(=O)c2ccc(Cl)c([N+](=O)[O-])c2)c1. The summed E-state index contributed by atoms with van der Waals surface area (Å²) in [6, 6.07) is 4.87. The van der Waals surface area contributed by atoms with Crippen molar-refractivity contribution in [1.82, 2.24) is 4.98 Å². The van der Waals surface area contributed by atoms with Gasteiger partial charge in [-0.2, -0.15) is 0 Å². The maximum Gasteiger partial charge on any atom is 0.289 e. The number of aryl methyl sites for hydroxylation is 1. The van der Waals surface area contributed by atoms with Crippen LogP contribution < -0.4 is 4.72 Å². The van der Waals surface area contributed by atoms with E-state index in [1.165, 1.54) is 18.3 Å². The molecule has 0 unspecified atom stereocenters. The van der Waals surface area contributed by atoms with Crippen molar-refractivity contribution in [2.24, 2.45) is 0 Å². The molecule has 110 valence electrons. The molecule has 7 nitrogen and oxygen atoms in total. The van der Waals surface area contributed by atoms with Crippen LogP contribution in [0.4, 0.5) is 11.4 Å². The molecule has 0 saturated carbocycles. The molecule has 0 aliphatic rings. The molecule has 21 heavy (non-hydrogen) atoms. The number of pyridine rings is 1. The summed E-state index contributed by atoms with van der Waals surface area (Å²) in [6.07, 6.45) is 2.92. The van der Waals surface area contributed by atoms with Crippen LogP contribution in [-0.2, 0) is 10.0 Å². The molecule has 0 aliphatic carbocycles. The number of rotatable bonds is 4. The van der Waals surface area contributed by atoms with Crippen molar-refractivity contribution >= 4 is 33.0 Å². The Labute approximate surface area is 125 Å². The number of halogens is 1. The average Bonchev–Trinajstić information content (AvgIpc) is 2.38. The predicted octanol–water partition coefficient (Wildman–Crippen LogP) is 2.75. The van der Waals surface area contributed by atoms with Gasteiger partial charge in [-0.05, 0) is 30.7 Å². The molecule has 2 rings (SSSR count). The highest BCUT2D eigenvalue weighted by atomic mass is 35.5. The van der Waals surface area contributed by atoms with E-state index in [4.69, 9.17) is 11.6 Å². The molecule has 2 aromatic rings. The van der Waals surface area contributed by atoms with Crippen molar-refractivity contribution in [1.29, 1.82) is 0 Å². The van der Waals surface area contributed by atoms with Crippen molar-refractivity contribution < 1.29 is 13.3 Å². The van der Waals surface area contributed by atoms with Gasteiger partial charge >= 0.3 is 0 Å². The van der Waals surface area contributed by atoms with E-state index < -0.39 is 20.6 Å². The van der Waals surface area contributed by atoms with E-state index in [1.807, 2.05) is 0 Å². The molecule has 0 fully saturated rings. The fourth-order valence-electron chi connectivity index (χ4n) is 1.62. The van der Waals surface area contributed by atoms with Gasteiger partial charge in [0.2, 0.25) is 0 Å². The van der Waals surface area contributed by atoms with Gasteiger partial charge in [0.15, 0.2) is 0 Å². The molecule has 0 bridgehead atoms. The van der Waals surface area contributed by atoms with Gasteiger partial charge in [0.25, 0.3) is 15.7 Å². The number of aromatic nitrogens is 1. The van der Waals surface area contributed by atoms with Crippen molar-refractivity contribution in [3.63, 3.8) is 0 Å². The Balaban J connectivity index is 2.40. The largest absolute Gasteiger partial charge is 0.289 e. The number of sulfonamides is 1. The van der Waals surface area contributed by atoms with E-state index >= 15 is 0 Å². The fourth-order valence-corrected chi connectivity index (χ4v) is 2.86. The van der Waals surface area contributed by atoms with E-state index in [0.29, 0.717) is 0 Å². The van der Waals surface area contributed by atoms with Gasteiger partial charge in [-0.25, -0.2) is 8.42 Å². The van der Waals surface area contributed by atoms with Crippen LogP contribution in [0.5, 0.6) is 0 Å². The molecule has 1 heterocycles. The molecule has 1 aromatic carbocycles. The zero-order chi connectivity index (χ0) is 15.6. The Morgan fingerprint density at radius 3 is 2.62 bits per heavy atom. The Kier molecular flexibility index (Phi) is 4.10. The number of benzene rings is 1. The monoisotopic (exact) mass is 327 g/mol. The molecule has 0 amide bonds. The van der Waals surface area contributed by atoms with Gasteiger partial charge in [-0.3, -0.25) is 19.8 Å². The first-order valence-electron chi connectivity index (χ1n) is 5.68. The third-order valence-electron chi connectivity index (χ3n) is 2.55. The lowest BCUT2D eigenvalue weighted by Crippen LogP contribution is -2.13. The van der Waals surface area contributed by atoms with Gasteiger partial charge < -0.3 is 0 Å². The van der Waals surface area contributed by atoms with Crippen molar-refractivity contribution in [2.75, 3.05) is 4.72 Å². The van der Waals surface area contributed by atoms with E-state index in [0.717, 1.165) is 11.6 Å². The predicted molar refractivity (Wildman–Crippen MR) is 77.9 cm³/mol. The van der Waals surface area contributed by atoms with E-state index in [2.05, 4.69) is 9.71 Å². The average molecular weight is 328 g/mol. The molecular weight excluding hydrogens is 318 g/mol. The summed E-state index contributed by atoms with van der Waals surface area (Å²) >= 11 is 5.66. The summed E-state index contributed by atoms with van der Waals surface area (Å²) < 4.78 is 26.7. The normalized spacial score (nSPS) is 11.1. The molecule has 0 saturated heterocycles. The molecular formula is C12H10ClN3O4S. The zero-order valence-corrected chi connectivity index (χ0v) is 12.4. The smallest absolute Gasteiger partial charge is 0.278 e. The highest BCUT2D eigenvalue weighted by Gasteiger charge is 2.20. The highest BCUT2D eigenvalue weighted by Crippen LogP contribution is 2.27. The Bertz CT molecular complexity index is 808.